The van der Waals surface area contributed by atoms with Gasteiger partial charge in [0.15, 0.2) is 0 Å². The van der Waals surface area contributed by atoms with Crippen LogP contribution in [0.3, 0.4) is 0 Å². The number of amides is 1. The van der Waals surface area contributed by atoms with E-state index >= 15 is 0 Å². The van der Waals surface area contributed by atoms with Gasteiger partial charge in [0.2, 0.25) is 0 Å². The number of unbranched alkanes of at least 4 members (excludes halogenated alkanes) is 2. The first kappa shape index (κ1) is 17.1. The fraction of sp³-hybridized carbons (Fsp3) is 0.444. The average Bonchev–Trinajstić information content (AvgIpc) is 2.97. The molecule has 0 aliphatic carbocycles. The standard InChI is InChI=1S/C18H24N2O3/c1-3-5-6-12-19(11-4-2)18(23)20-13-10-14-15(17(21)22)8-7-9-16(14)20/h7-10,13H,3-6,11-12H2,1-2H3,(H,21,22). The van der Waals surface area contributed by atoms with E-state index in [0.29, 0.717) is 17.4 Å². The highest BCUT2D eigenvalue weighted by molar-refractivity contribution is 6.05. The molecule has 5 nitrogen and oxygen atoms in total. The lowest BCUT2D eigenvalue weighted by Crippen LogP contribution is -2.35. The van der Waals surface area contributed by atoms with E-state index in [0.717, 1.165) is 32.2 Å². The quantitative estimate of drug-likeness (QED) is 0.778. The van der Waals surface area contributed by atoms with Crippen molar-refractivity contribution in [3.05, 3.63) is 36.0 Å². The largest absolute Gasteiger partial charge is 0.478 e. The number of carboxylic acids is 1. The minimum absolute atomic E-state index is 0.0829. The Hall–Kier alpha value is -2.30. The van der Waals surface area contributed by atoms with E-state index in [1.807, 2.05) is 4.90 Å². The summed E-state index contributed by atoms with van der Waals surface area (Å²) in [5, 5.41) is 9.86. The molecular weight excluding hydrogens is 292 g/mol. The second-order valence-corrected chi connectivity index (χ2v) is 5.71. The molecule has 1 aromatic heterocycles. The van der Waals surface area contributed by atoms with Gasteiger partial charge in [-0.3, -0.25) is 4.57 Å². The van der Waals surface area contributed by atoms with E-state index in [1.54, 1.807) is 35.0 Å². The van der Waals surface area contributed by atoms with Gasteiger partial charge in [0.05, 0.1) is 11.1 Å². The van der Waals surface area contributed by atoms with Crippen molar-refractivity contribution in [2.45, 2.75) is 39.5 Å². The highest BCUT2D eigenvalue weighted by Crippen LogP contribution is 2.21. The molecule has 1 heterocycles. The maximum Gasteiger partial charge on any atom is 0.336 e. The summed E-state index contributed by atoms with van der Waals surface area (Å²) in [4.78, 5) is 26.0. The van der Waals surface area contributed by atoms with E-state index in [9.17, 15) is 14.7 Å². The minimum Gasteiger partial charge on any atom is -0.478 e. The summed E-state index contributed by atoms with van der Waals surface area (Å²) in [6.45, 7) is 5.63. The van der Waals surface area contributed by atoms with Crippen LogP contribution in [-0.2, 0) is 0 Å². The molecule has 2 rings (SSSR count). The molecule has 0 aliphatic rings. The van der Waals surface area contributed by atoms with Crippen molar-refractivity contribution in [1.29, 1.82) is 0 Å². The molecule has 0 fully saturated rings. The second kappa shape index (κ2) is 7.81. The van der Waals surface area contributed by atoms with Crippen molar-refractivity contribution >= 4 is 22.9 Å². The van der Waals surface area contributed by atoms with Crippen LogP contribution in [0.5, 0.6) is 0 Å². The zero-order valence-corrected chi connectivity index (χ0v) is 13.8. The molecule has 23 heavy (non-hydrogen) atoms. The molecule has 1 aromatic carbocycles. The van der Waals surface area contributed by atoms with Gasteiger partial charge in [-0.15, -0.1) is 0 Å². The van der Waals surface area contributed by atoms with Crippen LogP contribution < -0.4 is 0 Å². The van der Waals surface area contributed by atoms with E-state index < -0.39 is 5.97 Å². The number of carbonyl (C=O) groups is 2. The fourth-order valence-corrected chi connectivity index (χ4v) is 2.80. The Morgan fingerprint density at radius 3 is 2.52 bits per heavy atom. The molecular formula is C18H24N2O3. The number of carbonyl (C=O) groups excluding carboxylic acids is 1. The average molecular weight is 316 g/mol. The molecule has 0 aliphatic heterocycles. The smallest absolute Gasteiger partial charge is 0.336 e. The molecule has 0 saturated carbocycles. The topological polar surface area (TPSA) is 62.5 Å². The Balaban J connectivity index is 2.32. The number of benzene rings is 1. The third-order valence-corrected chi connectivity index (χ3v) is 3.97. The summed E-state index contributed by atoms with van der Waals surface area (Å²) in [5.74, 6) is -0.978. The summed E-state index contributed by atoms with van der Waals surface area (Å²) in [5.41, 5.74) is 0.869. The number of aromatic nitrogens is 1. The van der Waals surface area contributed by atoms with Crippen molar-refractivity contribution in [1.82, 2.24) is 9.47 Å². The number of carboxylic acid groups (broad SMARTS) is 1. The third kappa shape index (κ3) is 3.73. The predicted octanol–water partition coefficient (Wildman–Crippen LogP) is 4.21. The molecule has 0 saturated heterocycles. The van der Waals surface area contributed by atoms with Gasteiger partial charge in [0.1, 0.15) is 0 Å². The van der Waals surface area contributed by atoms with Gasteiger partial charge in [-0.25, -0.2) is 9.59 Å². The molecule has 0 unspecified atom stereocenters. The third-order valence-electron chi connectivity index (χ3n) is 3.97. The number of hydrogen-bond donors (Lipinski definition) is 1. The summed E-state index contributed by atoms with van der Waals surface area (Å²) < 4.78 is 1.56. The van der Waals surface area contributed by atoms with Crippen LogP contribution in [0.25, 0.3) is 10.9 Å². The Kier molecular flexibility index (Phi) is 5.79. The first-order valence-electron chi connectivity index (χ1n) is 8.22. The van der Waals surface area contributed by atoms with Gasteiger partial charge in [0, 0.05) is 24.7 Å². The monoisotopic (exact) mass is 316 g/mol. The van der Waals surface area contributed by atoms with Crippen LogP contribution in [0.2, 0.25) is 0 Å². The molecule has 124 valence electrons. The normalized spacial score (nSPS) is 10.9. The molecule has 1 N–H and O–H groups in total. The van der Waals surface area contributed by atoms with Gasteiger partial charge >= 0.3 is 12.0 Å². The Morgan fingerprint density at radius 1 is 1.09 bits per heavy atom. The maximum absolute atomic E-state index is 12.8. The van der Waals surface area contributed by atoms with Gasteiger partial charge in [-0.2, -0.15) is 0 Å². The molecule has 0 radical (unpaired) electrons. The van der Waals surface area contributed by atoms with Gasteiger partial charge in [-0.1, -0.05) is 32.8 Å². The molecule has 5 heteroatoms. The minimum atomic E-state index is -0.978. The Morgan fingerprint density at radius 2 is 1.87 bits per heavy atom. The van der Waals surface area contributed by atoms with Crippen molar-refractivity contribution in [3.8, 4) is 0 Å². The van der Waals surface area contributed by atoms with Crippen molar-refractivity contribution in [2.24, 2.45) is 0 Å². The zero-order valence-electron chi connectivity index (χ0n) is 13.8. The van der Waals surface area contributed by atoms with Crippen molar-refractivity contribution in [2.75, 3.05) is 13.1 Å². The highest BCUT2D eigenvalue weighted by Gasteiger charge is 2.18. The Bertz CT molecular complexity index is 691. The number of hydrogen-bond acceptors (Lipinski definition) is 2. The van der Waals surface area contributed by atoms with Gasteiger partial charge in [-0.05, 0) is 31.0 Å². The summed E-state index contributed by atoms with van der Waals surface area (Å²) >= 11 is 0. The van der Waals surface area contributed by atoms with E-state index in [1.165, 1.54) is 0 Å². The van der Waals surface area contributed by atoms with Crippen LogP contribution in [0.4, 0.5) is 4.79 Å². The van der Waals surface area contributed by atoms with Crippen molar-refractivity contribution < 1.29 is 14.7 Å². The number of rotatable bonds is 7. The molecule has 2 aromatic rings. The molecule has 1 amide bonds. The van der Waals surface area contributed by atoms with Crippen LogP contribution in [0, 0.1) is 0 Å². The lowest BCUT2D eigenvalue weighted by atomic mass is 10.1. The van der Waals surface area contributed by atoms with E-state index in [4.69, 9.17) is 0 Å². The zero-order chi connectivity index (χ0) is 16.8. The number of aromatic carboxylic acids is 1. The first-order valence-corrected chi connectivity index (χ1v) is 8.22. The van der Waals surface area contributed by atoms with Crippen LogP contribution in [-0.4, -0.2) is 39.7 Å². The van der Waals surface area contributed by atoms with Crippen LogP contribution in [0.15, 0.2) is 30.5 Å². The van der Waals surface area contributed by atoms with Crippen LogP contribution >= 0.6 is 0 Å². The summed E-state index contributed by atoms with van der Waals surface area (Å²) in [7, 11) is 0. The SMILES string of the molecule is CCCCCN(CCC)C(=O)n1ccc2c(C(=O)O)cccc21. The number of nitrogens with zero attached hydrogens (tertiary/aromatic N) is 2. The van der Waals surface area contributed by atoms with Crippen LogP contribution in [0.1, 0.15) is 49.9 Å². The molecule has 0 spiro atoms. The van der Waals surface area contributed by atoms with Gasteiger partial charge < -0.3 is 10.0 Å². The van der Waals surface area contributed by atoms with E-state index in [-0.39, 0.29) is 11.6 Å². The predicted molar refractivity (Wildman–Crippen MR) is 91.1 cm³/mol. The van der Waals surface area contributed by atoms with Crippen molar-refractivity contribution in [3.63, 3.8) is 0 Å². The van der Waals surface area contributed by atoms with E-state index in [2.05, 4.69) is 13.8 Å². The van der Waals surface area contributed by atoms with Gasteiger partial charge in [0.25, 0.3) is 0 Å². The fourth-order valence-electron chi connectivity index (χ4n) is 2.80. The maximum atomic E-state index is 12.8. The Labute approximate surface area is 136 Å². The lowest BCUT2D eigenvalue weighted by molar-refractivity contribution is 0.0699. The molecule has 0 bridgehead atoms. The lowest BCUT2D eigenvalue weighted by Gasteiger charge is -2.22. The summed E-state index contributed by atoms with van der Waals surface area (Å²) in [6.07, 6.45) is 5.77. The highest BCUT2D eigenvalue weighted by atomic mass is 16.4. The first-order chi connectivity index (χ1) is 11.1. The number of fused-ring (bicyclic) bond motifs is 1. The summed E-state index contributed by atoms with van der Waals surface area (Å²) in [6, 6.07) is 6.64. The molecule has 0 atom stereocenters. The second-order valence-electron chi connectivity index (χ2n) is 5.71.